The van der Waals surface area contributed by atoms with E-state index in [-0.39, 0.29) is 17.9 Å². The summed E-state index contributed by atoms with van der Waals surface area (Å²) in [5.74, 6) is 0.282. The van der Waals surface area contributed by atoms with Crippen LogP contribution in [-0.2, 0) is 9.63 Å². The van der Waals surface area contributed by atoms with Gasteiger partial charge in [-0.1, -0.05) is 6.92 Å². The van der Waals surface area contributed by atoms with Crippen molar-refractivity contribution in [2.45, 2.75) is 39.2 Å². The maximum absolute atomic E-state index is 11.0. The Hall–Kier alpha value is -0.570. The van der Waals surface area contributed by atoms with Crippen LogP contribution in [0.5, 0.6) is 0 Å². The first-order valence-electron chi connectivity index (χ1n) is 4.19. The minimum atomic E-state index is 0.0466. The van der Waals surface area contributed by atoms with Gasteiger partial charge in [0.1, 0.15) is 0 Å². The normalized spacial score (nSPS) is 19.5. The summed E-state index contributed by atoms with van der Waals surface area (Å²) in [4.78, 5) is 16.0. The van der Waals surface area contributed by atoms with Gasteiger partial charge in [0.2, 0.25) is 5.91 Å². The molecule has 0 radical (unpaired) electrons. The molecule has 11 heavy (non-hydrogen) atoms. The minimum absolute atomic E-state index is 0.0466. The summed E-state index contributed by atoms with van der Waals surface area (Å²) in [6.07, 6.45) is 3.09. The fraction of sp³-hybridized carbons (Fsp3) is 0.875. The molecule has 0 bridgehead atoms. The van der Waals surface area contributed by atoms with Crippen LogP contribution in [0.25, 0.3) is 0 Å². The molecule has 0 aliphatic heterocycles. The molecule has 1 rings (SSSR count). The Labute approximate surface area is 67.1 Å². The summed E-state index contributed by atoms with van der Waals surface area (Å²) in [5, 5.41) is 0. The van der Waals surface area contributed by atoms with Crippen molar-refractivity contribution >= 4 is 5.91 Å². The van der Waals surface area contributed by atoms with Gasteiger partial charge in [-0.05, 0) is 26.2 Å². The van der Waals surface area contributed by atoms with E-state index in [4.69, 9.17) is 4.84 Å². The summed E-state index contributed by atoms with van der Waals surface area (Å²) >= 11 is 0. The first kappa shape index (κ1) is 8.53. The maximum atomic E-state index is 11.0. The Kier molecular flexibility index (Phi) is 2.88. The van der Waals surface area contributed by atoms with Crippen molar-refractivity contribution in [3.8, 4) is 0 Å². The largest absolute Gasteiger partial charge is 0.273 e. The molecule has 1 fully saturated rings. The highest BCUT2D eigenvalue weighted by molar-refractivity contribution is 5.79. The van der Waals surface area contributed by atoms with E-state index in [0.29, 0.717) is 0 Å². The van der Waals surface area contributed by atoms with Crippen molar-refractivity contribution in [3.05, 3.63) is 0 Å². The van der Waals surface area contributed by atoms with Crippen LogP contribution in [0.3, 0.4) is 0 Å². The van der Waals surface area contributed by atoms with Crippen LogP contribution in [0.2, 0.25) is 0 Å². The molecule has 3 heteroatoms. The zero-order valence-electron chi connectivity index (χ0n) is 7.09. The lowest BCUT2D eigenvalue weighted by atomic mass is 10.3. The molecule has 0 saturated heterocycles. The van der Waals surface area contributed by atoms with Crippen LogP contribution in [0.4, 0.5) is 0 Å². The highest BCUT2D eigenvalue weighted by Gasteiger charge is 2.29. The van der Waals surface area contributed by atoms with E-state index in [1.165, 1.54) is 0 Å². The lowest BCUT2D eigenvalue weighted by molar-refractivity contribution is -0.139. The monoisotopic (exact) mass is 157 g/mol. The van der Waals surface area contributed by atoms with E-state index in [1.54, 1.807) is 0 Å². The fourth-order valence-electron chi connectivity index (χ4n) is 0.671. The molecule has 1 atom stereocenters. The SMILES string of the molecule is CCC(C)ONC(=O)C1CC1. The van der Waals surface area contributed by atoms with Gasteiger partial charge in [-0.3, -0.25) is 9.63 Å². The number of carbonyl (C=O) groups is 1. The zero-order valence-corrected chi connectivity index (χ0v) is 7.09. The van der Waals surface area contributed by atoms with E-state index < -0.39 is 0 Å². The van der Waals surface area contributed by atoms with Crippen molar-refractivity contribution in [1.82, 2.24) is 5.48 Å². The molecule has 0 spiro atoms. The molecular weight excluding hydrogens is 142 g/mol. The third-order valence-corrected chi connectivity index (χ3v) is 1.88. The van der Waals surface area contributed by atoms with Crippen LogP contribution >= 0.6 is 0 Å². The van der Waals surface area contributed by atoms with Crippen LogP contribution in [0.1, 0.15) is 33.1 Å². The number of nitrogens with one attached hydrogen (secondary N) is 1. The number of hydroxylamine groups is 1. The Balaban J connectivity index is 2.05. The fourth-order valence-corrected chi connectivity index (χ4v) is 0.671. The van der Waals surface area contributed by atoms with Gasteiger partial charge in [-0.2, -0.15) is 0 Å². The molecule has 1 amide bonds. The molecule has 0 aromatic carbocycles. The highest BCUT2D eigenvalue weighted by atomic mass is 16.7. The minimum Gasteiger partial charge on any atom is -0.273 e. The van der Waals surface area contributed by atoms with Gasteiger partial charge in [0.05, 0.1) is 6.10 Å². The molecule has 64 valence electrons. The molecular formula is C8H15NO2. The van der Waals surface area contributed by atoms with Crippen molar-refractivity contribution in [2.24, 2.45) is 5.92 Å². The molecule has 3 nitrogen and oxygen atoms in total. The predicted molar refractivity (Wildman–Crippen MR) is 41.7 cm³/mol. The van der Waals surface area contributed by atoms with Gasteiger partial charge in [0.25, 0.3) is 0 Å². The maximum Gasteiger partial charge on any atom is 0.246 e. The smallest absolute Gasteiger partial charge is 0.246 e. The predicted octanol–water partition coefficient (Wildman–Crippen LogP) is 1.24. The molecule has 0 heterocycles. The van der Waals surface area contributed by atoms with Crippen LogP contribution in [0, 0.1) is 5.92 Å². The molecule has 1 aliphatic carbocycles. The average molecular weight is 157 g/mol. The lowest BCUT2D eigenvalue weighted by Crippen LogP contribution is -2.28. The van der Waals surface area contributed by atoms with E-state index in [1.807, 2.05) is 13.8 Å². The standard InChI is InChI=1S/C8H15NO2/c1-3-6(2)11-9-8(10)7-4-5-7/h6-7H,3-5H2,1-2H3,(H,9,10). The van der Waals surface area contributed by atoms with E-state index in [2.05, 4.69) is 5.48 Å². The van der Waals surface area contributed by atoms with E-state index >= 15 is 0 Å². The van der Waals surface area contributed by atoms with Crippen molar-refractivity contribution in [3.63, 3.8) is 0 Å². The topological polar surface area (TPSA) is 38.3 Å². The quantitative estimate of drug-likeness (QED) is 0.623. The van der Waals surface area contributed by atoms with Gasteiger partial charge in [-0.15, -0.1) is 0 Å². The Morgan fingerprint density at radius 1 is 1.73 bits per heavy atom. The molecule has 0 aromatic heterocycles. The average Bonchev–Trinajstić information content (AvgIpc) is 2.81. The summed E-state index contributed by atoms with van der Waals surface area (Å²) in [6, 6.07) is 0. The summed E-state index contributed by atoms with van der Waals surface area (Å²) < 4.78 is 0. The summed E-state index contributed by atoms with van der Waals surface area (Å²) in [6.45, 7) is 3.96. The number of carbonyl (C=O) groups excluding carboxylic acids is 1. The van der Waals surface area contributed by atoms with E-state index in [0.717, 1.165) is 19.3 Å². The third-order valence-electron chi connectivity index (χ3n) is 1.88. The zero-order chi connectivity index (χ0) is 8.27. The molecule has 0 aromatic rings. The molecule has 1 aliphatic rings. The second-order valence-corrected chi connectivity index (χ2v) is 3.08. The number of hydrogen-bond acceptors (Lipinski definition) is 2. The third kappa shape index (κ3) is 2.89. The Bertz CT molecular complexity index is 143. The molecule has 1 N–H and O–H groups in total. The first-order chi connectivity index (χ1) is 5.24. The number of amides is 1. The van der Waals surface area contributed by atoms with Gasteiger partial charge >= 0.3 is 0 Å². The van der Waals surface area contributed by atoms with Gasteiger partial charge in [0.15, 0.2) is 0 Å². The summed E-state index contributed by atoms with van der Waals surface area (Å²) in [7, 11) is 0. The first-order valence-corrected chi connectivity index (χ1v) is 4.19. The lowest BCUT2D eigenvalue weighted by Gasteiger charge is -2.09. The Morgan fingerprint density at radius 2 is 2.36 bits per heavy atom. The summed E-state index contributed by atoms with van der Waals surface area (Å²) in [5.41, 5.74) is 2.46. The van der Waals surface area contributed by atoms with Crippen molar-refractivity contribution < 1.29 is 9.63 Å². The van der Waals surface area contributed by atoms with Crippen LogP contribution in [-0.4, -0.2) is 12.0 Å². The van der Waals surface area contributed by atoms with Crippen molar-refractivity contribution in [1.29, 1.82) is 0 Å². The van der Waals surface area contributed by atoms with Gasteiger partial charge in [0, 0.05) is 5.92 Å². The van der Waals surface area contributed by atoms with Crippen LogP contribution < -0.4 is 5.48 Å². The van der Waals surface area contributed by atoms with Crippen molar-refractivity contribution in [2.75, 3.05) is 0 Å². The van der Waals surface area contributed by atoms with Gasteiger partial charge in [-0.25, -0.2) is 5.48 Å². The van der Waals surface area contributed by atoms with Crippen LogP contribution in [0.15, 0.2) is 0 Å². The molecule has 1 unspecified atom stereocenters. The second-order valence-electron chi connectivity index (χ2n) is 3.08. The Morgan fingerprint density at radius 3 is 2.82 bits per heavy atom. The highest BCUT2D eigenvalue weighted by Crippen LogP contribution is 2.28. The molecule has 1 saturated carbocycles. The number of hydrogen-bond donors (Lipinski definition) is 1. The second kappa shape index (κ2) is 3.72. The number of rotatable bonds is 4. The van der Waals surface area contributed by atoms with E-state index in [9.17, 15) is 4.79 Å². The van der Waals surface area contributed by atoms with Gasteiger partial charge < -0.3 is 0 Å².